The molecule has 7 heteroatoms. The second-order valence-electron chi connectivity index (χ2n) is 7.84. The molecule has 0 aliphatic heterocycles. The number of hydrogen-bond acceptors (Lipinski definition) is 7. The summed E-state index contributed by atoms with van der Waals surface area (Å²) in [7, 11) is 0. The molecule has 0 radical (unpaired) electrons. The van der Waals surface area contributed by atoms with Crippen LogP contribution in [0.4, 0.5) is 28.4 Å². The van der Waals surface area contributed by atoms with E-state index in [2.05, 4.69) is 46.1 Å². The van der Waals surface area contributed by atoms with Crippen molar-refractivity contribution >= 4 is 34.2 Å². The van der Waals surface area contributed by atoms with Gasteiger partial charge in [0.2, 0.25) is 0 Å². The lowest BCUT2D eigenvalue weighted by molar-refractivity contribution is 0.0980. The summed E-state index contributed by atoms with van der Waals surface area (Å²) < 4.78 is 0. The molecular formula is C27H31N5O2. The van der Waals surface area contributed by atoms with Crippen molar-refractivity contribution in [2.75, 3.05) is 18.0 Å². The fourth-order valence-electron chi connectivity index (χ4n) is 3.40. The zero-order valence-electron chi connectivity index (χ0n) is 20.0. The van der Waals surface area contributed by atoms with Crippen LogP contribution >= 0.6 is 0 Å². The molecule has 0 heterocycles. The summed E-state index contributed by atoms with van der Waals surface area (Å²) in [6.45, 7) is 8.20. The van der Waals surface area contributed by atoms with Crippen LogP contribution in [0.2, 0.25) is 0 Å². The average Bonchev–Trinajstić information content (AvgIpc) is 2.87. The number of ketones is 1. The van der Waals surface area contributed by atoms with Crippen molar-refractivity contribution in [1.29, 1.82) is 0 Å². The van der Waals surface area contributed by atoms with E-state index in [1.165, 1.54) is 6.07 Å². The smallest absolute Gasteiger partial charge is 0.162 e. The first-order valence-corrected chi connectivity index (χ1v) is 11.7. The molecular weight excluding hydrogens is 426 g/mol. The molecule has 0 unspecified atom stereocenters. The van der Waals surface area contributed by atoms with E-state index in [1.807, 2.05) is 24.3 Å². The SMILES string of the molecule is CCCCC(=O)c1ccc(/N=N/c2ccc(/N=N/c3ccc(N(CC)CC)cc3)c(O)c2)cc1. The van der Waals surface area contributed by atoms with Gasteiger partial charge in [-0.15, -0.1) is 5.11 Å². The van der Waals surface area contributed by atoms with Gasteiger partial charge in [0.05, 0.1) is 17.1 Å². The first kappa shape index (κ1) is 24.8. The number of Topliss-reactive ketones (excluding diaryl/α,β-unsaturated/α-hetero) is 1. The fourth-order valence-corrected chi connectivity index (χ4v) is 3.40. The van der Waals surface area contributed by atoms with Crippen LogP contribution in [0.3, 0.4) is 0 Å². The Morgan fingerprint density at radius 1 is 0.765 bits per heavy atom. The first-order chi connectivity index (χ1) is 16.5. The lowest BCUT2D eigenvalue weighted by Gasteiger charge is -2.20. The van der Waals surface area contributed by atoms with Crippen LogP contribution in [0.15, 0.2) is 87.2 Å². The average molecular weight is 458 g/mol. The maximum Gasteiger partial charge on any atom is 0.162 e. The Hall–Kier alpha value is -3.87. The van der Waals surface area contributed by atoms with Crippen LogP contribution in [0.5, 0.6) is 5.75 Å². The molecule has 34 heavy (non-hydrogen) atoms. The first-order valence-electron chi connectivity index (χ1n) is 11.7. The van der Waals surface area contributed by atoms with Gasteiger partial charge in [-0.3, -0.25) is 4.79 Å². The van der Waals surface area contributed by atoms with E-state index >= 15 is 0 Å². The molecule has 0 aliphatic rings. The molecule has 0 aliphatic carbocycles. The molecule has 0 aromatic heterocycles. The lowest BCUT2D eigenvalue weighted by Crippen LogP contribution is -2.21. The molecule has 7 nitrogen and oxygen atoms in total. The highest BCUT2D eigenvalue weighted by Gasteiger charge is 2.06. The van der Waals surface area contributed by atoms with Crippen molar-refractivity contribution in [1.82, 2.24) is 0 Å². The number of carbonyl (C=O) groups excluding carboxylic acids is 1. The quantitative estimate of drug-likeness (QED) is 0.231. The summed E-state index contributed by atoms with van der Waals surface area (Å²) >= 11 is 0. The minimum Gasteiger partial charge on any atom is -0.506 e. The highest BCUT2D eigenvalue weighted by molar-refractivity contribution is 5.96. The van der Waals surface area contributed by atoms with E-state index in [0.29, 0.717) is 34.7 Å². The van der Waals surface area contributed by atoms with Gasteiger partial charge in [-0.1, -0.05) is 13.3 Å². The number of unbranched alkanes of at least 4 members (excludes halogenated alkanes) is 1. The zero-order chi connectivity index (χ0) is 24.3. The van der Waals surface area contributed by atoms with Crippen molar-refractivity contribution in [2.24, 2.45) is 20.5 Å². The largest absolute Gasteiger partial charge is 0.506 e. The number of carbonyl (C=O) groups is 1. The van der Waals surface area contributed by atoms with Gasteiger partial charge in [-0.2, -0.15) is 15.3 Å². The minimum atomic E-state index is -0.0307. The minimum absolute atomic E-state index is 0.0307. The molecule has 3 rings (SSSR count). The summed E-state index contributed by atoms with van der Waals surface area (Å²) in [6, 6.07) is 19.7. The van der Waals surface area contributed by atoms with E-state index in [4.69, 9.17) is 0 Å². The van der Waals surface area contributed by atoms with Crippen LogP contribution in [0.1, 0.15) is 50.4 Å². The standard InChI is InChI=1S/C27H31N5O2/c1-4-7-8-26(33)20-9-11-21(12-10-20)28-30-23-15-18-25(27(34)19-23)31-29-22-13-16-24(17-14-22)32(5-2)6-3/h9-19,34H,4-8H2,1-3H3/b30-28+,31-29+. The summed E-state index contributed by atoms with van der Waals surface area (Å²) in [5, 5.41) is 27.0. The number of aromatic hydroxyl groups is 1. The molecule has 0 bridgehead atoms. The number of nitrogens with zero attached hydrogens (tertiary/aromatic N) is 5. The molecule has 1 N–H and O–H groups in total. The number of benzene rings is 3. The second-order valence-corrected chi connectivity index (χ2v) is 7.84. The molecule has 0 saturated carbocycles. The Balaban J connectivity index is 1.63. The Bertz CT molecular complexity index is 1130. The highest BCUT2D eigenvalue weighted by Crippen LogP contribution is 2.33. The molecule has 0 atom stereocenters. The predicted octanol–water partition coefficient (Wildman–Crippen LogP) is 8.44. The van der Waals surface area contributed by atoms with Gasteiger partial charge in [0, 0.05) is 36.8 Å². The van der Waals surface area contributed by atoms with Crippen molar-refractivity contribution in [3.63, 3.8) is 0 Å². The summed E-state index contributed by atoms with van der Waals surface area (Å²) in [5.41, 5.74) is 3.99. The van der Waals surface area contributed by atoms with Crippen LogP contribution < -0.4 is 4.90 Å². The van der Waals surface area contributed by atoms with E-state index in [-0.39, 0.29) is 11.5 Å². The molecule has 3 aromatic rings. The van der Waals surface area contributed by atoms with E-state index in [0.717, 1.165) is 31.6 Å². The number of anilines is 1. The highest BCUT2D eigenvalue weighted by atomic mass is 16.3. The Morgan fingerprint density at radius 2 is 1.32 bits per heavy atom. The molecule has 3 aromatic carbocycles. The maximum atomic E-state index is 12.1. The number of azo groups is 2. The molecule has 0 saturated heterocycles. The van der Waals surface area contributed by atoms with Gasteiger partial charge in [-0.05, 0) is 80.9 Å². The fraction of sp³-hybridized carbons (Fsp3) is 0.296. The van der Waals surface area contributed by atoms with Gasteiger partial charge in [0.15, 0.2) is 5.78 Å². The molecule has 0 amide bonds. The van der Waals surface area contributed by atoms with Crippen LogP contribution in [0.25, 0.3) is 0 Å². The van der Waals surface area contributed by atoms with Crippen molar-refractivity contribution in [3.8, 4) is 5.75 Å². The van der Waals surface area contributed by atoms with Gasteiger partial charge in [-0.25, -0.2) is 0 Å². The molecule has 176 valence electrons. The predicted molar refractivity (Wildman–Crippen MR) is 137 cm³/mol. The van der Waals surface area contributed by atoms with E-state index in [1.54, 1.807) is 36.4 Å². The number of phenols is 1. The number of hydrogen-bond donors (Lipinski definition) is 1. The monoisotopic (exact) mass is 457 g/mol. The number of rotatable bonds is 11. The Labute approximate surface area is 200 Å². The van der Waals surface area contributed by atoms with Crippen molar-refractivity contribution in [3.05, 3.63) is 72.3 Å². The van der Waals surface area contributed by atoms with Crippen molar-refractivity contribution < 1.29 is 9.90 Å². The third kappa shape index (κ3) is 6.81. The summed E-state index contributed by atoms with van der Waals surface area (Å²) in [5.74, 6) is 0.108. The van der Waals surface area contributed by atoms with Crippen LogP contribution in [-0.4, -0.2) is 24.0 Å². The Morgan fingerprint density at radius 3 is 1.91 bits per heavy atom. The lowest BCUT2D eigenvalue weighted by atomic mass is 10.1. The maximum absolute atomic E-state index is 12.1. The Kier molecular flexibility index (Phi) is 9.03. The second kappa shape index (κ2) is 12.4. The van der Waals surface area contributed by atoms with E-state index < -0.39 is 0 Å². The molecule has 0 fully saturated rings. The van der Waals surface area contributed by atoms with E-state index in [9.17, 15) is 9.90 Å². The van der Waals surface area contributed by atoms with Gasteiger partial charge < -0.3 is 10.0 Å². The van der Waals surface area contributed by atoms with Gasteiger partial charge in [0.1, 0.15) is 11.4 Å². The van der Waals surface area contributed by atoms with Crippen LogP contribution in [-0.2, 0) is 0 Å². The van der Waals surface area contributed by atoms with Gasteiger partial charge >= 0.3 is 0 Å². The third-order valence-electron chi connectivity index (χ3n) is 5.44. The normalized spacial score (nSPS) is 11.4. The van der Waals surface area contributed by atoms with Crippen LogP contribution in [0, 0.1) is 0 Å². The topological polar surface area (TPSA) is 90.0 Å². The zero-order valence-corrected chi connectivity index (χ0v) is 20.0. The van der Waals surface area contributed by atoms with Crippen molar-refractivity contribution in [2.45, 2.75) is 40.0 Å². The third-order valence-corrected chi connectivity index (χ3v) is 5.44. The number of phenolic OH excluding ortho intramolecular Hbond substituents is 1. The van der Waals surface area contributed by atoms with Gasteiger partial charge in [0.25, 0.3) is 0 Å². The molecule has 0 spiro atoms. The summed E-state index contributed by atoms with van der Waals surface area (Å²) in [4.78, 5) is 14.3. The summed E-state index contributed by atoms with van der Waals surface area (Å²) in [6.07, 6.45) is 2.44.